The van der Waals surface area contributed by atoms with Gasteiger partial charge in [-0.3, -0.25) is 10.4 Å². The van der Waals surface area contributed by atoms with Gasteiger partial charge in [0.15, 0.2) is 6.36 Å². The molecule has 3 atom stereocenters. The molecule has 0 aliphatic rings. The smallest absolute Gasteiger partial charge is 0.320 e. The number of aromatic amines is 1. The molecule has 0 saturated carbocycles. The number of halogens is 2. The van der Waals surface area contributed by atoms with Crippen molar-refractivity contribution in [1.29, 1.82) is 0 Å². The van der Waals surface area contributed by atoms with Crippen molar-refractivity contribution in [1.82, 2.24) is 20.5 Å². The Balaban J connectivity index is 1.62. The van der Waals surface area contributed by atoms with Gasteiger partial charge in [-0.05, 0) is 31.5 Å². The number of nitrogens with zero attached hydrogens (tertiary/aromatic N) is 2. The van der Waals surface area contributed by atoms with Crippen molar-refractivity contribution in [2.24, 2.45) is 0 Å². The molecule has 31 heavy (non-hydrogen) atoms. The lowest BCUT2D eigenvalue weighted by Crippen LogP contribution is -2.37. The van der Waals surface area contributed by atoms with Crippen LogP contribution in [0.25, 0.3) is 10.9 Å². The van der Waals surface area contributed by atoms with Crippen molar-refractivity contribution in [3.8, 4) is 5.88 Å². The monoisotopic (exact) mass is 435 g/mol. The van der Waals surface area contributed by atoms with Gasteiger partial charge in [-0.15, -0.1) is 5.10 Å². The summed E-state index contributed by atoms with van der Waals surface area (Å²) in [6.07, 6.45) is -0.824. The highest BCUT2D eigenvalue weighted by Crippen LogP contribution is 2.24. The molecule has 1 aromatic carbocycles. The van der Waals surface area contributed by atoms with E-state index in [2.05, 4.69) is 25.8 Å². The van der Waals surface area contributed by atoms with E-state index >= 15 is 0 Å². The van der Waals surface area contributed by atoms with Gasteiger partial charge in [-0.2, -0.15) is 0 Å². The van der Waals surface area contributed by atoms with Crippen molar-refractivity contribution in [3.63, 3.8) is 0 Å². The van der Waals surface area contributed by atoms with E-state index < -0.39 is 30.4 Å². The van der Waals surface area contributed by atoms with Gasteiger partial charge in [-0.1, -0.05) is 12.1 Å². The molecule has 2 amide bonds. The number of anilines is 1. The molecular weight excluding hydrogens is 412 g/mol. The van der Waals surface area contributed by atoms with E-state index in [0.29, 0.717) is 16.5 Å². The van der Waals surface area contributed by atoms with Crippen molar-refractivity contribution >= 4 is 22.8 Å². The van der Waals surface area contributed by atoms with Gasteiger partial charge in [0.1, 0.15) is 18.2 Å². The molecule has 11 heteroatoms. The number of pyridine rings is 1. The molecule has 3 rings (SSSR count). The van der Waals surface area contributed by atoms with E-state index in [1.807, 2.05) is 0 Å². The van der Waals surface area contributed by atoms with Gasteiger partial charge >= 0.3 is 6.03 Å². The lowest BCUT2D eigenvalue weighted by molar-refractivity contribution is -0.0351. The summed E-state index contributed by atoms with van der Waals surface area (Å²) < 4.78 is 36.0. The third kappa shape index (κ3) is 6.09. The van der Waals surface area contributed by atoms with Crippen LogP contribution in [0.15, 0.2) is 36.5 Å². The first kappa shape index (κ1) is 22.4. The normalized spacial score (nSPS) is 14.1. The number of aromatic nitrogens is 3. The number of carbonyl (C=O) groups excluding carboxylic acids is 1. The Hall–Kier alpha value is -3.31. The molecule has 4 N–H and O–H groups in total. The van der Waals surface area contributed by atoms with E-state index in [1.165, 1.54) is 44.3 Å². The average molecular weight is 435 g/mol. The van der Waals surface area contributed by atoms with E-state index in [0.717, 1.165) is 0 Å². The summed E-state index contributed by atoms with van der Waals surface area (Å²) >= 11 is 0. The van der Waals surface area contributed by atoms with Crippen LogP contribution >= 0.6 is 0 Å². The van der Waals surface area contributed by atoms with Gasteiger partial charge in [-0.25, -0.2) is 18.6 Å². The number of H-pyrrole nitrogens is 1. The van der Waals surface area contributed by atoms with Gasteiger partial charge < -0.3 is 19.9 Å². The van der Waals surface area contributed by atoms with Crippen molar-refractivity contribution in [2.45, 2.75) is 32.4 Å². The van der Waals surface area contributed by atoms with Crippen LogP contribution in [0.2, 0.25) is 0 Å². The fourth-order valence-electron chi connectivity index (χ4n) is 2.86. The predicted molar refractivity (Wildman–Crippen MR) is 109 cm³/mol. The number of amides is 2. The minimum absolute atomic E-state index is 0.0672. The highest BCUT2D eigenvalue weighted by atomic mass is 19.1. The first-order chi connectivity index (χ1) is 14.8. The molecule has 0 fully saturated rings. The lowest BCUT2D eigenvalue weighted by atomic mass is 10.0. The van der Waals surface area contributed by atoms with Crippen molar-refractivity contribution in [2.75, 3.05) is 18.5 Å². The zero-order valence-corrected chi connectivity index (χ0v) is 16.9. The Morgan fingerprint density at radius 2 is 2.00 bits per heavy atom. The Kier molecular flexibility index (Phi) is 7.32. The topological polar surface area (TPSA) is 121 Å². The van der Waals surface area contributed by atoms with Gasteiger partial charge in [0, 0.05) is 12.3 Å². The van der Waals surface area contributed by atoms with Crippen molar-refractivity contribution in [3.05, 3.63) is 47.9 Å². The highest BCUT2D eigenvalue weighted by Gasteiger charge is 2.20. The van der Waals surface area contributed by atoms with E-state index in [-0.39, 0.29) is 24.9 Å². The molecule has 3 unspecified atom stereocenters. The molecule has 166 valence electrons. The summed E-state index contributed by atoms with van der Waals surface area (Å²) in [5, 5.41) is 22.6. The third-order valence-electron chi connectivity index (χ3n) is 4.32. The maximum Gasteiger partial charge on any atom is 0.320 e. The number of urea groups is 1. The summed E-state index contributed by atoms with van der Waals surface area (Å²) in [7, 11) is 0. The molecule has 0 spiro atoms. The van der Waals surface area contributed by atoms with Crippen LogP contribution in [0.3, 0.4) is 0 Å². The van der Waals surface area contributed by atoms with E-state index in [1.54, 1.807) is 6.07 Å². The second kappa shape index (κ2) is 10.1. The van der Waals surface area contributed by atoms with Crippen LogP contribution in [0.5, 0.6) is 5.88 Å². The van der Waals surface area contributed by atoms with Crippen LogP contribution in [0.1, 0.15) is 25.5 Å². The number of nitrogens with one attached hydrogen (secondary N) is 3. The molecule has 0 bridgehead atoms. The van der Waals surface area contributed by atoms with E-state index in [4.69, 9.17) is 9.47 Å². The zero-order valence-electron chi connectivity index (χ0n) is 16.9. The fourth-order valence-corrected chi connectivity index (χ4v) is 2.86. The van der Waals surface area contributed by atoms with Crippen LogP contribution in [0, 0.1) is 5.82 Å². The SMILES string of the molecule is CC(F)OCCOc1n[nH]c2cc(NC(=O)NC(c3ccc(F)cc3)C(C)O)ncc12. The highest BCUT2D eigenvalue weighted by molar-refractivity contribution is 5.92. The number of fused-ring (bicyclic) bond motifs is 1. The molecular formula is C20H23F2N5O4. The standard InChI is InChI=1S/C20H23F2N5O4/c1-11(28)18(13-3-5-14(22)6-4-13)25-20(29)24-17-9-16-15(10-23-17)19(27-26-16)31-8-7-30-12(2)21/h3-6,9-12,18,28H,7-8H2,1-2H3,(H,26,27)(H2,23,24,25,29). The number of alkyl halides is 1. The molecule has 9 nitrogen and oxygen atoms in total. The molecule has 3 aromatic rings. The number of rotatable bonds is 9. The summed E-state index contributed by atoms with van der Waals surface area (Å²) in [5.41, 5.74) is 1.11. The maximum atomic E-state index is 13.1. The quantitative estimate of drug-likeness (QED) is 0.383. The number of ether oxygens (including phenoxy) is 2. The van der Waals surface area contributed by atoms with Crippen LogP contribution in [-0.4, -0.2) is 52.0 Å². The minimum Gasteiger partial charge on any atom is -0.474 e. The van der Waals surface area contributed by atoms with Gasteiger partial charge in [0.25, 0.3) is 0 Å². The molecule has 0 radical (unpaired) electrons. The Labute approximate surface area is 176 Å². The van der Waals surface area contributed by atoms with Gasteiger partial charge in [0.2, 0.25) is 5.88 Å². The maximum absolute atomic E-state index is 13.1. The number of aliphatic hydroxyl groups excluding tert-OH is 1. The number of carbonyl (C=O) groups is 1. The van der Waals surface area contributed by atoms with Crippen LogP contribution in [-0.2, 0) is 4.74 Å². The third-order valence-corrected chi connectivity index (χ3v) is 4.32. The number of benzene rings is 1. The Morgan fingerprint density at radius 3 is 2.68 bits per heavy atom. The van der Waals surface area contributed by atoms with E-state index in [9.17, 15) is 18.7 Å². The zero-order chi connectivity index (χ0) is 22.4. The molecule has 2 aromatic heterocycles. The summed E-state index contributed by atoms with van der Waals surface area (Å²) in [6.45, 7) is 2.98. The summed E-state index contributed by atoms with van der Waals surface area (Å²) in [4.78, 5) is 16.6. The molecule has 2 heterocycles. The first-order valence-corrected chi connectivity index (χ1v) is 9.57. The predicted octanol–water partition coefficient (Wildman–Crippen LogP) is 3.05. The first-order valence-electron chi connectivity index (χ1n) is 9.57. The number of hydrogen-bond acceptors (Lipinski definition) is 6. The second-order valence-corrected chi connectivity index (χ2v) is 6.77. The summed E-state index contributed by atoms with van der Waals surface area (Å²) in [6, 6.07) is 5.70. The molecule has 0 aliphatic carbocycles. The average Bonchev–Trinajstić information content (AvgIpc) is 3.12. The van der Waals surface area contributed by atoms with Crippen molar-refractivity contribution < 1.29 is 28.2 Å². The van der Waals surface area contributed by atoms with Crippen LogP contribution < -0.4 is 15.4 Å². The van der Waals surface area contributed by atoms with Crippen LogP contribution in [0.4, 0.5) is 19.4 Å². The molecule has 0 aliphatic heterocycles. The number of aliphatic hydroxyl groups is 1. The summed E-state index contributed by atoms with van der Waals surface area (Å²) in [5.74, 6) is 0.0970. The number of hydrogen-bond donors (Lipinski definition) is 4. The lowest BCUT2D eigenvalue weighted by Gasteiger charge is -2.22. The van der Waals surface area contributed by atoms with Gasteiger partial charge in [0.05, 0.1) is 29.7 Å². The largest absolute Gasteiger partial charge is 0.474 e. The minimum atomic E-state index is -1.38. The second-order valence-electron chi connectivity index (χ2n) is 6.77. The molecule has 0 saturated heterocycles. The Morgan fingerprint density at radius 1 is 1.26 bits per heavy atom. The Bertz CT molecular complexity index is 1010. The fraction of sp³-hybridized carbons (Fsp3) is 0.350.